The number of amides is 1. The zero-order valence-electron chi connectivity index (χ0n) is 13.0. The summed E-state index contributed by atoms with van der Waals surface area (Å²) in [4.78, 5) is 22.2. The van der Waals surface area contributed by atoms with Gasteiger partial charge in [-0.3, -0.25) is 4.79 Å². The third-order valence-corrected chi connectivity index (χ3v) is 4.93. The van der Waals surface area contributed by atoms with E-state index in [0.29, 0.717) is 0 Å². The fourth-order valence-corrected chi connectivity index (χ4v) is 3.34. The van der Waals surface area contributed by atoms with E-state index in [9.17, 15) is 4.79 Å². The van der Waals surface area contributed by atoms with E-state index in [1.807, 2.05) is 11.8 Å². The van der Waals surface area contributed by atoms with E-state index < -0.39 is 0 Å². The number of hydrogen-bond donors (Lipinski definition) is 1. The van der Waals surface area contributed by atoms with Gasteiger partial charge in [-0.05, 0) is 20.3 Å². The van der Waals surface area contributed by atoms with Crippen molar-refractivity contribution in [3.63, 3.8) is 0 Å². The number of aryl methyl sites for hydroxylation is 2. The van der Waals surface area contributed by atoms with E-state index in [4.69, 9.17) is 5.73 Å². The summed E-state index contributed by atoms with van der Waals surface area (Å²) >= 11 is 1.73. The van der Waals surface area contributed by atoms with Crippen molar-refractivity contribution >= 4 is 34.8 Å². The highest BCUT2D eigenvalue weighted by atomic mass is 35.5. The zero-order chi connectivity index (χ0) is 14.7. The molecule has 1 aromatic heterocycles. The second-order valence-corrected chi connectivity index (χ2v) is 6.53. The number of nitrogens with two attached hydrogens (primary N) is 1. The Kier molecular flexibility index (Phi) is 6.90. The van der Waals surface area contributed by atoms with Crippen molar-refractivity contribution in [2.75, 3.05) is 31.1 Å². The lowest BCUT2D eigenvalue weighted by atomic mass is 10.1. The molecule has 0 aromatic carbocycles. The summed E-state index contributed by atoms with van der Waals surface area (Å²) in [5.74, 6) is 0.0954. The van der Waals surface area contributed by atoms with Crippen molar-refractivity contribution in [3.8, 4) is 0 Å². The molecular weight excluding hydrogens is 308 g/mol. The third-order valence-electron chi connectivity index (χ3n) is 3.80. The number of aromatic nitrogens is 1. The first-order valence-electron chi connectivity index (χ1n) is 7.26. The fraction of sp³-hybridized carbons (Fsp3) is 0.714. The normalized spacial score (nSPS) is 16.6. The van der Waals surface area contributed by atoms with Crippen LogP contribution in [0.15, 0.2) is 0 Å². The smallest absolute Gasteiger partial charge is 0.239 e. The summed E-state index contributed by atoms with van der Waals surface area (Å²) in [5.41, 5.74) is 7.02. The highest BCUT2D eigenvalue weighted by Gasteiger charge is 2.25. The summed E-state index contributed by atoms with van der Waals surface area (Å²) in [6.07, 6.45) is 1.72. The largest absolute Gasteiger partial charge is 0.345 e. The summed E-state index contributed by atoms with van der Waals surface area (Å²) in [5, 5.41) is 1.07. The summed E-state index contributed by atoms with van der Waals surface area (Å²) in [6, 6.07) is -0.337. The molecule has 1 unspecified atom stereocenters. The lowest BCUT2D eigenvalue weighted by molar-refractivity contribution is -0.133. The van der Waals surface area contributed by atoms with Gasteiger partial charge in [0.1, 0.15) is 0 Å². The minimum absolute atomic E-state index is 0. The van der Waals surface area contributed by atoms with Crippen LogP contribution in [0.2, 0.25) is 0 Å². The molecular formula is C14H25ClN4OS. The van der Waals surface area contributed by atoms with Crippen molar-refractivity contribution in [1.82, 2.24) is 9.88 Å². The minimum Gasteiger partial charge on any atom is -0.345 e. The highest BCUT2D eigenvalue weighted by Crippen LogP contribution is 2.26. The van der Waals surface area contributed by atoms with Crippen LogP contribution >= 0.6 is 23.7 Å². The molecule has 1 aliphatic rings. The topological polar surface area (TPSA) is 62.5 Å². The number of carbonyl (C=O) groups is 1. The lowest BCUT2D eigenvalue weighted by Gasteiger charge is -2.35. The molecule has 1 fully saturated rings. The first kappa shape index (κ1) is 18.2. The van der Waals surface area contributed by atoms with Crippen LogP contribution in [0, 0.1) is 13.8 Å². The Bertz CT molecular complexity index is 452. The van der Waals surface area contributed by atoms with E-state index in [1.165, 1.54) is 4.88 Å². The molecule has 1 saturated heterocycles. The maximum Gasteiger partial charge on any atom is 0.239 e. The molecule has 2 N–H and O–H groups in total. The molecule has 1 amide bonds. The number of anilines is 1. The van der Waals surface area contributed by atoms with Crippen molar-refractivity contribution in [3.05, 3.63) is 10.6 Å². The monoisotopic (exact) mass is 332 g/mol. The maximum atomic E-state index is 12.2. The molecule has 2 rings (SSSR count). The number of nitrogens with zero attached hydrogens (tertiary/aromatic N) is 3. The van der Waals surface area contributed by atoms with Gasteiger partial charge in [0.2, 0.25) is 5.91 Å². The molecule has 1 aliphatic heterocycles. The molecule has 0 spiro atoms. The van der Waals surface area contributed by atoms with Crippen molar-refractivity contribution in [2.24, 2.45) is 5.73 Å². The molecule has 7 heteroatoms. The van der Waals surface area contributed by atoms with Crippen LogP contribution in [0.3, 0.4) is 0 Å². The van der Waals surface area contributed by atoms with Crippen molar-refractivity contribution in [2.45, 2.75) is 39.7 Å². The number of piperazine rings is 1. The standard InChI is InChI=1S/C14H24N4OS.ClH/c1-4-5-12(15)13(19)17-6-8-18(9-7-17)14-16-10(2)11(3)20-14;/h12H,4-9,15H2,1-3H3;1H. The van der Waals surface area contributed by atoms with Gasteiger partial charge in [-0.2, -0.15) is 0 Å². The number of hydrogen-bond acceptors (Lipinski definition) is 5. The van der Waals surface area contributed by atoms with Gasteiger partial charge >= 0.3 is 0 Å². The average Bonchev–Trinajstić information content (AvgIpc) is 2.78. The Morgan fingerprint density at radius 1 is 1.33 bits per heavy atom. The minimum atomic E-state index is -0.337. The first-order chi connectivity index (χ1) is 9.52. The first-order valence-corrected chi connectivity index (χ1v) is 8.08. The Morgan fingerprint density at radius 3 is 2.43 bits per heavy atom. The number of halogens is 1. The van der Waals surface area contributed by atoms with E-state index in [-0.39, 0.29) is 24.4 Å². The van der Waals surface area contributed by atoms with Crippen LogP contribution in [-0.2, 0) is 4.79 Å². The highest BCUT2D eigenvalue weighted by molar-refractivity contribution is 7.15. The van der Waals surface area contributed by atoms with Gasteiger partial charge in [-0.15, -0.1) is 23.7 Å². The van der Waals surface area contributed by atoms with Crippen LogP contribution in [0.5, 0.6) is 0 Å². The Morgan fingerprint density at radius 2 is 1.95 bits per heavy atom. The second-order valence-electron chi connectivity index (χ2n) is 5.35. The molecule has 0 aliphatic carbocycles. The summed E-state index contributed by atoms with van der Waals surface area (Å²) < 4.78 is 0. The van der Waals surface area contributed by atoms with Gasteiger partial charge in [-0.1, -0.05) is 13.3 Å². The SMILES string of the molecule is CCCC(N)C(=O)N1CCN(c2nc(C)c(C)s2)CC1.Cl. The lowest BCUT2D eigenvalue weighted by Crippen LogP contribution is -2.53. The number of rotatable bonds is 4. The molecule has 0 bridgehead atoms. The molecule has 1 aromatic rings. The molecule has 0 radical (unpaired) electrons. The number of carbonyl (C=O) groups excluding carboxylic acids is 1. The predicted molar refractivity (Wildman–Crippen MR) is 90.5 cm³/mol. The molecule has 120 valence electrons. The van der Waals surface area contributed by atoms with Gasteiger partial charge in [0, 0.05) is 31.1 Å². The molecule has 0 saturated carbocycles. The quantitative estimate of drug-likeness (QED) is 0.915. The van der Waals surface area contributed by atoms with E-state index in [1.54, 1.807) is 11.3 Å². The van der Waals surface area contributed by atoms with E-state index >= 15 is 0 Å². The van der Waals surface area contributed by atoms with Crippen LogP contribution < -0.4 is 10.6 Å². The second kappa shape index (κ2) is 7.96. The third kappa shape index (κ3) is 4.31. The van der Waals surface area contributed by atoms with E-state index in [0.717, 1.165) is 49.8 Å². The summed E-state index contributed by atoms with van der Waals surface area (Å²) in [7, 11) is 0. The number of thiazole rings is 1. The Hall–Kier alpha value is -0.850. The van der Waals surface area contributed by atoms with Gasteiger partial charge in [0.05, 0.1) is 11.7 Å². The van der Waals surface area contributed by atoms with Crippen LogP contribution in [0.25, 0.3) is 0 Å². The molecule has 5 nitrogen and oxygen atoms in total. The summed E-state index contributed by atoms with van der Waals surface area (Å²) in [6.45, 7) is 9.37. The Labute approximate surface area is 136 Å². The average molecular weight is 333 g/mol. The van der Waals surface area contributed by atoms with Gasteiger partial charge in [0.15, 0.2) is 5.13 Å². The molecule has 1 atom stereocenters. The molecule has 21 heavy (non-hydrogen) atoms. The maximum absolute atomic E-state index is 12.2. The van der Waals surface area contributed by atoms with Crippen molar-refractivity contribution in [1.29, 1.82) is 0 Å². The molecule has 2 heterocycles. The van der Waals surface area contributed by atoms with Gasteiger partial charge < -0.3 is 15.5 Å². The van der Waals surface area contributed by atoms with Crippen LogP contribution in [-0.4, -0.2) is 48.0 Å². The predicted octanol–water partition coefficient (Wildman–Crippen LogP) is 1.96. The van der Waals surface area contributed by atoms with Gasteiger partial charge in [-0.25, -0.2) is 4.98 Å². The van der Waals surface area contributed by atoms with Crippen LogP contribution in [0.4, 0.5) is 5.13 Å². The zero-order valence-corrected chi connectivity index (χ0v) is 14.6. The fourth-order valence-electron chi connectivity index (χ4n) is 2.38. The van der Waals surface area contributed by atoms with Gasteiger partial charge in [0.25, 0.3) is 0 Å². The van der Waals surface area contributed by atoms with E-state index in [2.05, 4.69) is 23.7 Å². The van der Waals surface area contributed by atoms with Crippen molar-refractivity contribution < 1.29 is 4.79 Å². The Balaban J connectivity index is 0.00000220. The van der Waals surface area contributed by atoms with Crippen LogP contribution in [0.1, 0.15) is 30.3 Å².